The number of aryl methyl sites for hydroxylation is 1. The van der Waals surface area contributed by atoms with E-state index in [4.69, 9.17) is 19.2 Å². The average Bonchev–Trinajstić information content (AvgIpc) is 3.23. The maximum atomic E-state index is 13.2. The van der Waals surface area contributed by atoms with E-state index in [0.717, 1.165) is 16.8 Å². The van der Waals surface area contributed by atoms with Crippen LogP contribution in [0, 0.1) is 6.92 Å². The van der Waals surface area contributed by atoms with E-state index in [0.29, 0.717) is 35.3 Å². The standard InChI is InChI=1S/C22H24N2O4S/c1-15-7-5-6-8-17(15)21(25)24(11-12-26-2)22-23-19(14-29-22)18-13-16(27-3)9-10-20(18)28-4/h5-10,13-14H,11-12H2,1-4H3. The number of aromatic nitrogens is 1. The van der Waals surface area contributed by atoms with Gasteiger partial charge in [-0.3, -0.25) is 9.69 Å². The molecule has 0 aliphatic rings. The molecule has 0 fully saturated rings. The highest BCUT2D eigenvalue weighted by atomic mass is 32.1. The van der Waals surface area contributed by atoms with Crippen LogP contribution in [0.2, 0.25) is 0 Å². The van der Waals surface area contributed by atoms with Crippen LogP contribution >= 0.6 is 11.3 Å². The Morgan fingerprint density at radius 1 is 1.10 bits per heavy atom. The van der Waals surface area contributed by atoms with Crippen LogP contribution in [0.3, 0.4) is 0 Å². The number of ether oxygens (including phenoxy) is 3. The smallest absolute Gasteiger partial charge is 0.260 e. The maximum absolute atomic E-state index is 13.2. The minimum Gasteiger partial charge on any atom is -0.497 e. The van der Waals surface area contributed by atoms with Gasteiger partial charge in [0.25, 0.3) is 5.91 Å². The van der Waals surface area contributed by atoms with Gasteiger partial charge in [0.15, 0.2) is 5.13 Å². The number of hydrogen-bond acceptors (Lipinski definition) is 6. The molecule has 7 heteroatoms. The summed E-state index contributed by atoms with van der Waals surface area (Å²) >= 11 is 1.41. The molecule has 0 radical (unpaired) electrons. The van der Waals surface area contributed by atoms with E-state index in [1.165, 1.54) is 11.3 Å². The van der Waals surface area contributed by atoms with Gasteiger partial charge < -0.3 is 14.2 Å². The van der Waals surface area contributed by atoms with Crippen molar-refractivity contribution in [1.82, 2.24) is 4.98 Å². The number of methoxy groups -OCH3 is 3. The molecule has 3 aromatic rings. The number of rotatable bonds is 8. The van der Waals surface area contributed by atoms with Gasteiger partial charge in [-0.1, -0.05) is 18.2 Å². The predicted octanol–water partition coefficient (Wildman–Crippen LogP) is 4.43. The van der Waals surface area contributed by atoms with Gasteiger partial charge in [0, 0.05) is 23.6 Å². The molecule has 1 amide bonds. The summed E-state index contributed by atoms with van der Waals surface area (Å²) in [4.78, 5) is 19.6. The van der Waals surface area contributed by atoms with E-state index in [1.54, 1.807) is 26.2 Å². The van der Waals surface area contributed by atoms with Crippen molar-refractivity contribution >= 4 is 22.4 Å². The van der Waals surface area contributed by atoms with Crippen LogP contribution in [0.25, 0.3) is 11.3 Å². The number of amides is 1. The summed E-state index contributed by atoms with van der Waals surface area (Å²) in [7, 11) is 4.85. The molecule has 1 heterocycles. The number of nitrogens with zero attached hydrogens (tertiary/aromatic N) is 2. The van der Waals surface area contributed by atoms with E-state index in [-0.39, 0.29) is 5.91 Å². The zero-order valence-corrected chi connectivity index (χ0v) is 17.8. The number of carbonyl (C=O) groups excluding carboxylic acids is 1. The van der Waals surface area contributed by atoms with Crippen LogP contribution in [0.4, 0.5) is 5.13 Å². The van der Waals surface area contributed by atoms with Crippen LogP contribution in [-0.2, 0) is 4.74 Å². The van der Waals surface area contributed by atoms with Crippen molar-refractivity contribution in [2.45, 2.75) is 6.92 Å². The highest BCUT2D eigenvalue weighted by molar-refractivity contribution is 7.14. The monoisotopic (exact) mass is 412 g/mol. The van der Waals surface area contributed by atoms with E-state index < -0.39 is 0 Å². The Morgan fingerprint density at radius 3 is 2.59 bits per heavy atom. The summed E-state index contributed by atoms with van der Waals surface area (Å²) in [5.74, 6) is 1.30. The molecule has 0 saturated carbocycles. The lowest BCUT2D eigenvalue weighted by atomic mass is 10.1. The van der Waals surface area contributed by atoms with Crippen molar-refractivity contribution in [3.63, 3.8) is 0 Å². The predicted molar refractivity (Wildman–Crippen MR) is 115 cm³/mol. The van der Waals surface area contributed by atoms with Gasteiger partial charge >= 0.3 is 0 Å². The topological polar surface area (TPSA) is 60.9 Å². The summed E-state index contributed by atoms with van der Waals surface area (Å²) in [5.41, 5.74) is 3.11. The van der Waals surface area contributed by atoms with E-state index in [1.807, 2.05) is 54.8 Å². The first-order valence-electron chi connectivity index (χ1n) is 9.13. The zero-order valence-electron chi connectivity index (χ0n) is 17.0. The van der Waals surface area contributed by atoms with Crippen molar-refractivity contribution < 1.29 is 19.0 Å². The van der Waals surface area contributed by atoms with Crippen molar-refractivity contribution in [3.8, 4) is 22.8 Å². The largest absolute Gasteiger partial charge is 0.497 e. The van der Waals surface area contributed by atoms with Gasteiger partial charge in [-0.25, -0.2) is 4.98 Å². The molecular weight excluding hydrogens is 388 g/mol. The zero-order chi connectivity index (χ0) is 20.8. The molecule has 0 aliphatic heterocycles. The van der Waals surface area contributed by atoms with Crippen molar-refractivity contribution in [1.29, 1.82) is 0 Å². The molecule has 0 bridgehead atoms. The molecule has 0 N–H and O–H groups in total. The third kappa shape index (κ3) is 4.58. The van der Waals surface area contributed by atoms with Crippen molar-refractivity contribution in [2.24, 2.45) is 0 Å². The van der Waals surface area contributed by atoms with Gasteiger partial charge in [-0.15, -0.1) is 11.3 Å². The number of hydrogen-bond donors (Lipinski definition) is 0. The van der Waals surface area contributed by atoms with Crippen LogP contribution in [0.15, 0.2) is 47.8 Å². The minimum atomic E-state index is -0.0985. The fourth-order valence-electron chi connectivity index (χ4n) is 2.95. The van der Waals surface area contributed by atoms with Crippen LogP contribution < -0.4 is 14.4 Å². The summed E-state index contributed by atoms with van der Waals surface area (Å²) in [6, 6.07) is 13.1. The van der Waals surface area contributed by atoms with Crippen LogP contribution in [-0.4, -0.2) is 45.4 Å². The van der Waals surface area contributed by atoms with Gasteiger partial charge in [0.05, 0.1) is 33.1 Å². The fourth-order valence-corrected chi connectivity index (χ4v) is 3.80. The molecule has 0 saturated heterocycles. The highest BCUT2D eigenvalue weighted by Gasteiger charge is 2.23. The molecule has 6 nitrogen and oxygen atoms in total. The van der Waals surface area contributed by atoms with Crippen LogP contribution in [0.1, 0.15) is 15.9 Å². The Bertz CT molecular complexity index is 986. The molecule has 0 spiro atoms. The Kier molecular flexibility index (Phi) is 6.85. The van der Waals surface area contributed by atoms with Gasteiger partial charge in [-0.2, -0.15) is 0 Å². The summed E-state index contributed by atoms with van der Waals surface area (Å²) in [6.45, 7) is 2.75. The molecule has 152 valence electrons. The van der Waals surface area contributed by atoms with Crippen molar-refractivity contribution in [3.05, 3.63) is 59.0 Å². The minimum absolute atomic E-state index is 0.0985. The second kappa shape index (κ2) is 9.54. The lowest BCUT2D eigenvalue weighted by Gasteiger charge is -2.20. The highest BCUT2D eigenvalue weighted by Crippen LogP contribution is 2.36. The molecule has 2 aromatic carbocycles. The maximum Gasteiger partial charge on any atom is 0.260 e. The third-order valence-corrected chi connectivity index (χ3v) is 5.41. The van der Waals surface area contributed by atoms with Gasteiger partial charge in [0.2, 0.25) is 0 Å². The summed E-state index contributed by atoms with van der Waals surface area (Å²) in [6.07, 6.45) is 0. The quantitative estimate of drug-likeness (QED) is 0.548. The lowest BCUT2D eigenvalue weighted by molar-refractivity contribution is 0.0975. The average molecular weight is 413 g/mol. The van der Waals surface area contributed by atoms with E-state index in [2.05, 4.69) is 0 Å². The molecule has 0 unspecified atom stereocenters. The van der Waals surface area contributed by atoms with Gasteiger partial charge in [0.1, 0.15) is 11.5 Å². The Morgan fingerprint density at radius 2 is 1.90 bits per heavy atom. The van der Waals surface area contributed by atoms with Gasteiger partial charge in [-0.05, 0) is 36.8 Å². The number of thiazole rings is 1. The van der Waals surface area contributed by atoms with E-state index >= 15 is 0 Å². The molecular formula is C22H24N2O4S. The molecule has 1 aromatic heterocycles. The fraction of sp³-hybridized carbons (Fsp3) is 0.273. The van der Waals surface area contributed by atoms with Crippen molar-refractivity contribution in [2.75, 3.05) is 39.4 Å². The Balaban J connectivity index is 1.98. The third-order valence-electron chi connectivity index (χ3n) is 4.55. The van der Waals surface area contributed by atoms with E-state index in [9.17, 15) is 4.79 Å². The lowest BCUT2D eigenvalue weighted by Crippen LogP contribution is -2.34. The first-order valence-corrected chi connectivity index (χ1v) is 10.0. The first-order chi connectivity index (χ1) is 14.1. The Labute approximate surface area is 174 Å². The molecule has 3 rings (SSSR count). The first kappa shape index (κ1) is 20.8. The molecule has 0 aliphatic carbocycles. The number of carbonyl (C=O) groups is 1. The Hall–Kier alpha value is -2.90. The summed E-state index contributed by atoms with van der Waals surface area (Å²) in [5, 5.41) is 2.52. The number of benzene rings is 2. The number of anilines is 1. The second-order valence-electron chi connectivity index (χ2n) is 6.35. The molecule has 0 atom stereocenters. The normalized spacial score (nSPS) is 10.6. The SMILES string of the molecule is COCCN(C(=O)c1ccccc1C)c1nc(-c2cc(OC)ccc2OC)cs1. The summed E-state index contributed by atoms with van der Waals surface area (Å²) < 4.78 is 16.0. The van der Waals surface area contributed by atoms with Crippen LogP contribution in [0.5, 0.6) is 11.5 Å². The second-order valence-corrected chi connectivity index (χ2v) is 7.18. The molecule has 29 heavy (non-hydrogen) atoms.